The maximum atomic E-state index is 2.34. The van der Waals surface area contributed by atoms with Gasteiger partial charge in [-0.25, -0.2) is 5.47 Å². The summed E-state index contributed by atoms with van der Waals surface area (Å²) in [7, 11) is 0. The molecular weight excluding hydrogens is 323 g/mol. The molecule has 3 aromatic rings. The van der Waals surface area contributed by atoms with Gasteiger partial charge in [0.1, 0.15) is 6.15 Å². The lowest BCUT2D eigenvalue weighted by Gasteiger charge is -2.46. The monoisotopic (exact) mass is 347 g/mol. The third kappa shape index (κ3) is 3.33. The van der Waals surface area contributed by atoms with Crippen molar-refractivity contribution >= 4 is 22.5 Å². The van der Waals surface area contributed by atoms with Crippen molar-refractivity contribution in [3.05, 3.63) is 127 Å². The SMILES string of the molecule is C1=C\C/C=C\C\C([B-](c2ccccc2)(c2ccccc2)c2ccccc2)=C/1. The first-order valence-electron chi connectivity index (χ1n) is 9.75. The fraction of sp³-hybridized carbons (Fsp3) is 0.0769. The zero-order valence-corrected chi connectivity index (χ0v) is 15.5. The average Bonchev–Trinajstić information content (AvgIpc) is 2.72. The van der Waals surface area contributed by atoms with Gasteiger partial charge in [-0.3, -0.25) is 0 Å². The van der Waals surface area contributed by atoms with E-state index in [0.717, 1.165) is 12.8 Å². The van der Waals surface area contributed by atoms with Crippen LogP contribution in [0.25, 0.3) is 0 Å². The average molecular weight is 347 g/mol. The minimum Gasteiger partial charge on any atom is -0.213 e. The number of rotatable bonds is 4. The van der Waals surface area contributed by atoms with E-state index in [9.17, 15) is 0 Å². The van der Waals surface area contributed by atoms with Crippen LogP contribution >= 0.6 is 0 Å². The molecular formula is C26H24B-. The van der Waals surface area contributed by atoms with Crippen LogP contribution in [-0.4, -0.2) is 6.15 Å². The van der Waals surface area contributed by atoms with Gasteiger partial charge >= 0.3 is 0 Å². The Morgan fingerprint density at radius 3 is 1.48 bits per heavy atom. The molecule has 0 heterocycles. The summed E-state index contributed by atoms with van der Waals surface area (Å²) < 4.78 is 0. The third-order valence-electron chi connectivity index (χ3n) is 5.69. The standard InChI is InChI=1S/C26H24B/c1-2-7-15-23(16-8-3-1)27(24-17-9-4-10-18-24,25-19-11-5-12-20-25)26-21-13-6-14-22-26/h2-15,17-22H,1,16H2/q-1/b7-2-,8-3-,23-15+. The summed E-state index contributed by atoms with van der Waals surface area (Å²) in [6.07, 6.45) is 12.1. The van der Waals surface area contributed by atoms with Crippen LogP contribution < -0.4 is 16.4 Å². The van der Waals surface area contributed by atoms with Gasteiger partial charge in [-0.1, -0.05) is 115 Å². The molecule has 4 rings (SSSR count). The Hall–Kier alpha value is -3.06. The van der Waals surface area contributed by atoms with Crippen molar-refractivity contribution in [2.45, 2.75) is 12.8 Å². The predicted octanol–water partition coefficient (Wildman–Crippen LogP) is 4.53. The first kappa shape index (κ1) is 17.4. The second-order valence-electron chi connectivity index (χ2n) is 7.18. The van der Waals surface area contributed by atoms with E-state index in [2.05, 4.69) is 121 Å². The largest absolute Gasteiger partial charge is 0.213 e. The molecule has 0 atom stereocenters. The number of benzene rings is 3. The summed E-state index contributed by atoms with van der Waals surface area (Å²) >= 11 is 0. The Labute approximate surface area is 162 Å². The second kappa shape index (κ2) is 8.10. The molecule has 1 heteroatoms. The molecule has 0 N–H and O–H groups in total. The Morgan fingerprint density at radius 1 is 0.519 bits per heavy atom. The number of allylic oxidation sites excluding steroid dienone is 6. The Kier molecular flexibility index (Phi) is 5.21. The number of hydrogen-bond acceptors (Lipinski definition) is 0. The molecule has 0 radical (unpaired) electrons. The van der Waals surface area contributed by atoms with Crippen LogP contribution in [0.15, 0.2) is 127 Å². The molecule has 0 fully saturated rings. The van der Waals surface area contributed by atoms with E-state index in [0.29, 0.717) is 0 Å². The van der Waals surface area contributed by atoms with Gasteiger partial charge in [0, 0.05) is 0 Å². The van der Waals surface area contributed by atoms with Gasteiger partial charge < -0.3 is 0 Å². The van der Waals surface area contributed by atoms with Gasteiger partial charge in [-0.15, -0.1) is 6.08 Å². The minimum absolute atomic E-state index is 0.961. The molecule has 0 aliphatic heterocycles. The van der Waals surface area contributed by atoms with E-state index >= 15 is 0 Å². The van der Waals surface area contributed by atoms with Gasteiger partial charge in [-0.2, -0.15) is 16.4 Å². The lowest BCUT2D eigenvalue weighted by molar-refractivity contribution is 1.26. The quantitative estimate of drug-likeness (QED) is 0.481. The Bertz CT molecular complexity index is 854. The third-order valence-corrected chi connectivity index (χ3v) is 5.69. The first-order chi connectivity index (χ1) is 13.4. The van der Waals surface area contributed by atoms with E-state index in [1.54, 1.807) is 0 Å². The molecule has 1 aliphatic rings. The van der Waals surface area contributed by atoms with Crippen LogP contribution in [0.2, 0.25) is 0 Å². The zero-order chi connectivity index (χ0) is 18.4. The molecule has 1 aliphatic carbocycles. The molecule has 132 valence electrons. The van der Waals surface area contributed by atoms with Gasteiger partial charge in [-0.05, 0) is 12.8 Å². The molecule has 0 spiro atoms. The summed E-state index contributed by atoms with van der Waals surface area (Å²) in [4.78, 5) is 0. The zero-order valence-electron chi connectivity index (χ0n) is 15.5. The topological polar surface area (TPSA) is 0 Å². The van der Waals surface area contributed by atoms with E-state index in [4.69, 9.17) is 0 Å². The van der Waals surface area contributed by atoms with E-state index < -0.39 is 6.15 Å². The van der Waals surface area contributed by atoms with Crippen LogP contribution in [0.3, 0.4) is 0 Å². The fourth-order valence-electron chi connectivity index (χ4n) is 4.50. The maximum absolute atomic E-state index is 2.34. The molecule has 0 unspecified atom stereocenters. The number of hydrogen-bond donors (Lipinski definition) is 0. The van der Waals surface area contributed by atoms with Crippen LogP contribution in [0.4, 0.5) is 0 Å². The molecule has 0 bridgehead atoms. The highest BCUT2D eigenvalue weighted by atomic mass is 14.1. The Morgan fingerprint density at radius 2 is 1.00 bits per heavy atom. The highest BCUT2D eigenvalue weighted by Crippen LogP contribution is 2.22. The fourth-order valence-corrected chi connectivity index (χ4v) is 4.50. The molecule has 0 nitrogen and oxygen atoms in total. The molecule has 3 aromatic carbocycles. The van der Waals surface area contributed by atoms with Gasteiger partial charge in [0.05, 0.1) is 0 Å². The summed E-state index contributed by atoms with van der Waals surface area (Å²) in [5.74, 6) is 0. The van der Waals surface area contributed by atoms with Crippen LogP contribution in [0.5, 0.6) is 0 Å². The predicted molar refractivity (Wildman–Crippen MR) is 120 cm³/mol. The van der Waals surface area contributed by atoms with E-state index in [1.807, 2.05) is 0 Å². The maximum Gasteiger partial charge on any atom is 0.104 e. The van der Waals surface area contributed by atoms with Gasteiger partial charge in [0.15, 0.2) is 0 Å². The van der Waals surface area contributed by atoms with E-state index in [-0.39, 0.29) is 0 Å². The first-order valence-corrected chi connectivity index (χ1v) is 9.75. The van der Waals surface area contributed by atoms with Crippen molar-refractivity contribution in [3.63, 3.8) is 0 Å². The van der Waals surface area contributed by atoms with Crippen molar-refractivity contribution in [1.82, 2.24) is 0 Å². The van der Waals surface area contributed by atoms with Crippen LogP contribution in [0.1, 0.15) is 12.8 Å². The van der Waals surface area contributed by atoms with E-state index in [1.165, 1.54) is 21.9 Å². The molecule has 27 heavy (non-hydrogen) atoms. The lowest BCUT2D eigenvalue weighted by atomic mass is 9.12. The molecule has 0 aromatic heterocycles. The van der Waals surface area contributed by atoms with Crippen molar-refractivity contribution < 1.29 is 0 Å². The Balaban J connectivity index is 2.08. The summed E-state index contributed by atoms with van der Waals surface area (Å²) in [6, 6.07) is 33.0. The van der Waals surface area contributed by atoms with Crippen molar-refractivity contribution in [2.75, 3.05) is 0 Å². The van der Waals surface area contributed by atoms with Crippen molar-refractivity contribution in [2.24, 2.45) is 0 Å². The smallest absolute Gasteiger partial charge is 0.104 e. The normalized spacial score (nSPS) is 18.6. The van der Waals surface area contributed by atoms with Crippen molar-refractivity contribution in [3.8, 4) is 0 Å². The van der Waals surface area contributed by atoms with Gasteiger partial charge in [0.25, 0.3) is 0 Å². The molecule has 0 saturated heterocycles. The highest BCUT2D eigenvalue weighted by molar-refractivity contribution is 7.16. The summed E-state index contributed by atoms with van der Waals surface area (Å²) in [6.45, 7) is 0. The van der Waals surface area contributed by atoms with Gasteiger partial charge in [0.2, 0.25) is 0 Å². The van der Waals surface area contributed by atoms with Crippen molar-refractivity contribution in [1.29, 1.82) is 0 Å². The van der Waals surface area contributed by atoms with Crippen LogP contribution in [0, 0.1) is 0 Å². The second-order valence-corrected chi connectivity index (χ2v) is 7.18. The van der Waals surface area contributed by atoms with Crippen LogP contribution in [-0.2, 0) is 0 Å². The highest BCUT2D eigenvalue weighted by Gasteiger charge is 2.32. The summed E-state index contributed by atoms with van der Waals surface area (Å²) in [5.41, 5.74) is 5.54. The summed E-state index contributed by atoms with van der Waals surface area (Å²) in [5, 5.41) is 0. The molecule has 0 amide bonds. The molecule has 0 saturated carbocycles. The minimum atomic E-state index is -1.21. The lowest BCUT2D eigenvalue weighted by Crippen LogP contribution is -2.68.